The Kier molecular flexibility index (Phi) is 5.88. The third-order valence-electron chi connectivity index (χ3n) is 6.15. The quantitative estimate of drug-likeness (QED) is 0.658. The first-order chi connectivity index (χ1) is 16.0. The van der Waals surface area contributed by atoms with E-state index in [9.17, 15) is 13.6 Å². The third kappa shape index (κ3) is 4.64. The molecule has 33 heavy (non-hydrogen) atoms. The van der Waals surface area contributed by atoms with Gasteiger partial charge in [-0.3, -0.25) is 4.79 Å². The van der Waals surface area contributed by atoms with E-state index in [4.69, 9.17) is 14.3 Å². The lowest BCUT2D eigenvalue weighted by molar-refractivity contribution is -0.0520. The van der Waals surface area contributed by atoms with Crippen molar-refractivity contribution < 1.29 is 32.6 Å². The van der Waals surface area contributed by atoms with E-state index in [1.807, 2.05) is 18.2 Å². The highest BCUT2D eigenvalue weighted by Crippen LogP contribution is 2.37. The van der Waals surface area contributed by atoms with Gasteiger partial charge in [0.25, 0.3) is 5.91 Å². The number of hydrogen-bond donors (Lipinski definition) is 0. The zero-order valence-electron chi connectivity index (χ0n) is 17.9. The van der Waals surface area contributed by atoms with Gasteiger partial charge in [0.15, 0.2) is 17.1 Å². The number of nitrogens with zero attached hydrogens (tertiary/aromatic N) is 2. The fourth-order valence-corrected chi connectivity index (χ4v) is 4.40. The Hall–Kier alpha value is -3.20. The molecule has 2 atom stereocenters. The molecule has 1 spiro atoms. The van der Waals surface area contributed by atoms with Crippen molar-refractivity contribution in [3.63, 3.8) is 0 Å². The fourth-order valence-electron chi connectivity index (χ4n) is 4.40. The maximum atomic E-state index is 13.0. The summed E-state index contributed by atoms with van der Waals surface area (Å²) in [5.74, 6) is 0.0548. The molecule has 0 radical (unpaired) electrons. The largest absolute Gasteiger partial charge is 0.485 e. The lowest BCUT2D eigenvalue weighted by Crippen LogP contribution is -2.31. The van der Waals surface area contributed by atoms with Crippen LogP contribution in [0, 0.1) is 0 Å². The molecule has 2 fully saturated rings. The topological polar surface area (TPSA) is 69.6 Å². The molecule has 2 aromatic carbocycles. The van der Waals surface area contributed by atoms with Crippen LogP contribution in [0.25, 0.3) is 0 Å². The van der Waals surface area contributed by atoms with E-state index in [0.29, 0.717) is 56.0 Å². The van der Waals surface area contributed by atoms with Crippen molar-refractivity contribution in [2.24, 2.45) is 5.16 Å². The Morgan fingerprint density at radius 1 is 1.18 bits per heavy atom. The fraction of sp³-hybridized carbons (Fsp3) is 0.417. The molecule has 3 aliphatic heterocycles. The van der Waals surface area contributed by atoms with E-state index >= 15 is 0 Å². The molecule has 0 saturated carbocycles. The second-order valence-corrected chi connectivity index (χ2v) is 8.48. The molecule has 0 aromatic heterocycles. The standard InChI is InChI=1S/C24H24F2N2O5/c25-23(26)32-20-7-6-17(19-13-24(33-27-19)9-11-30-15-24)12-21(20)31-18-8-10-28(14-18)22(29)16-4-2-1-3-5-16/h1-7,12,18,23H,8-11,13-15H2. The minimum Gasteiger partial charge on any atom is -0.485 e. The molecular weight excluding hydrogens is 434 g/mol. The Morgan fingerprint density at radius 3 is 2.79 bits per heavy atom. The van der Waals surface area contributed by atoms with Crippen LogP contribution in [0.1, 0.15) is 35.2 Å². The monoisotopic (exact) mass is 458 g/mol. The summed E-state index contributed by atoms with van der Waals surface area (Å²) in [6.07, 6.45) is 1.57. The second-order valence-electron chi connectivity index (χ2n) is 8.48. The molecule has 0 aliphatic carbocycles. The first-order valence-electron chi connectivity index (χ1n) is 10.9. The zero-order valence-corrected chi connectivity index (χ0v) is 17.9. The Balaban J connectivity index is 1.31. The van der Waals surface area contributed by atoms with Gasteiger partial charge in [0.1, 0.15) is 6.10 Å². The molecule has 7 nitrogen and oxygen atoms in total. The summed E-state index contributed by atoms with van der Waals surface area (Å²) >= 11 is 0. The molecule has 2 saturated heterocycles. The van der Waals surface area contributed by atoms with Gasteiger partial charge in [-0.1, -0.05) is 23.4 Å². The molecule has 5 rings (SSSR count). The summed E-state index contributed by atoms with van der Waals surface area (Å²) in [5.41, 5.74) is 1.58. The van der Waals surface area contributed by atoms with Crippen molar-refractivity contribution in [2.45, 2.75) is 37.6 Å². The Labute approximate surface area is 189 Å². The SMILES string of the molecule is O=C(c1ccccc1)N1CCC(Oc2cc(C3=NOC4(CCOC4)C3)ccc2OC(F)F)C1. The minimum absolute atomic E-state index is 0.0555. The van der Waals surface area contributed by atoms with Crippen molar-refractivity contribution in [3.8, 4) is 11.5 Å². The Morgan fingerprint density at radius 2 is 2.03 bits per heavy atom. The van der Waals surface area contributed by atoms with Gasteiger partial charge >= 0.3 is 6.61 Å². The molecule has 2 unspecified atom stereocenters. The summed E-state index contributed by atoms with van der Waals surface area (Å²) in [7, 11) is 0. The number of carbonyl (C=O) groups is 1. The molecule has 3 heterocycles. The van der Waals surface area contributed by atoms with Gasteiger partial charge in [-0.15, -0.1) is 0 Å². The summed E-state index contributed by atoms with van der Waals surface area (Å²) in [5, 5.41) is 4.21. The van der Waals surface area contributed by atoms with Crippen molar-refractivity contribution in [3.05, 3.63) is 59.7 Å². The number of ether oxygens (including phenoxy) is 3. The van der Waals surface area contributed by atoms with Gasteiger partial charge in [0, 0.05) is 36.9 Å². The summed E-state index contributed by atoms with van der Waals surface area (Å²) in [6, 6.07) is 13.8. The van der Waals surface area contributed by atoms with Crippen LogP contribution >= 0.6 is 0 Å². The first-order valence-corrected chi connectivity index (χ1v) is 10.9. The maximum absolute atomic E-state index is 13.0. The van der Waals surface area contributed by atoms with Gasteiger partial charge in [-0.25, -0.2) is 0 Å². The lowest BCUT2D eigenvalue weighted by atomic mass is 9.93. The van der Waals surface area contributed by atoms with Crippen LogP contribution in [-0.4, -0.2) is 61.1 Å². The number of rotatable bonds is 6. The molecule has 0 bridgehead atoms. The highest BCUT2D eigenvalue weighted by molar-refractivity contribution is 6.02. The number of benzene rings is 2. The van der Waals surface area contributed by atoms with Crippen LogP contribution in [0.3, 0.4) is 0 Å². The number of amides is 1. The van der Waals surface area contributed by atoms with E-state index in [1.54, 1.807) is 29.2 Å². The van der Waals surface area contributed by atoms with Crippen LogP contribution in [0.15, 0.2) is 53.7 Å². The third-order valence-corrected chi connectivity index (χ3v) is 6.15. The van der Waals surface area contributed by atoms with Gasteiger partial charge in [-0.2, -0.15) is 8.78 Å². The smallest absolute Gasteiger partial charge is 0.387 e. The molecule has 174 valence electrons. The average Bonchev–Trinajstić information content (AvgIpc) is 3.57. The minimum atomic E-state index is -2.98. The number of halogens is 2. The predicted molar refractivity (Wildman–Crippen MR) is 115 cm³/mol. The van der Waals surface area contributed by atoms with Crippen LogP contribution in [0.4, 0.5) is 8.78 Å². The van der Waals surface area contributed by atoms with Gasteiger partial charge in [0.05, 0.1) is 25.5 Å². The van der Waals surface area contributed by atoms with Crippen molar-refractivity contribution in [1.82, 2.24) is 4.90 Å². The number of likely N-dealkylation sites (tertiary alicyclic amines) is 1. The van der Waals surface area contributed by atoms with Gasteiger partial charge in [0.2, 0.25) is 0 Å². The number of carbonyl (C=O) groups excluding carboxylic acids is 1. The molecule has 0 N–H and O–H groups in total. The second kappa shape index (κ2) is 8.97. The predicted octanol–water partition coefficient (Wildman–Crippen LogP) is 3.87. The maximum Gasteiger partial charge on any atom is 0.387 e. The van der Waals surface area contributed by atoms with E-state index in [1.165, 1.54) is 6.07 Å². The summed E-state index contributed by atoms with van der Waals surface area (Å²) in [6.45, 7) is -1.01. The van der Waals surface area contributed by atoms with Gasteiger partial charge in [-0.05, 0) is 30.3 Å². The van der Waals surface area contributed by atoms with Gasteiger partial charge < -0.3 is 23.9 Å². The number of alkyl halides is 2. The molecule has 9 heteroatoms. The van der Waals surface area contributed by atoms with Crippen molar-refractivity contribution in [1.29, 1.82) is 0 Å². The molecular formula is C24H24F2N2O5. The number of oxime groups is 1. The van der Waals surface area contributed by atoms with E-state index < -0.39 is 12.2 Å². The van der Waals surface area contributed by atoms with E-state index in [-0.39, 0.29) is 23.5 Å². The van der Waals surface area contributed by atoms with Crippen molar-refractivity contribution in [2.75, 3.05) is 26.3 Å². The van der Waals surface area contributed by atoms with Crippen LogP contribution in [0.2, 0.25) is 0 Å². The van der Waals surface area contributed by atoms with E-state index in [2.05, 4.69) is 9.89 Å². The van der Waals surface area contributed by atoms with Crippen LogP contribution in [-0.2, 0) is 9.57 Å². The zero-order chi connectivity index (χ0) is 22.8. The summed E-state index contributed by atoms with van der Waals surface area (Å²) < 4.78 is 42.2. The molecule has 2 aromatic rings. The molecule has 3 aliphatic rings. The van der Waals surface area contributed by atoms with Crippen LogP contribution < -0.4 is 9.47 Å². The highest BCUT2D eigenvalue weighted by Gasteiger charge is 2.43. The van der Waals surface area contributed by atoms with E-state index in [0.717, 1.165) is 6.42 Å². The Bertz CT molecular complexity index is 1040. The van der Waals surface area contributed by atoms with Crippen molar-refractivity contribution >= 4 is 11.6 Å². The highest BCUT2D eigenvalue weighted by atomic mass is 19.3. The molecule has 1 amide bonds. The first kappa shape index (κ1) is 21.6. The number of hydrogen-bond acceptors (Lipinski definition) is 6. The van der Waals surface area contributed by atoms with Crippen LogP contribution in [0.5, 0.6) is 11.5 Å². The summed E-state index contributed by atoms with van der Waals surface area (Å²) in [4.78, 5) is 20.1. The normalized spacial score (nSPS) is 24.3. The average molecular weight is 458 g/mol. The lowest BCUT2D eigenvalue weighted by Gasteiger charge is -2.20.